The second kappa shape index (κ2) is 7.08. The molecule has 0 radical (unpaired) electrons. The molecule has 0 atom stereocenters. The van der Waals surface area contributed by atoms with Gasteiger partial charge < -0.3 is 10.1 Å². The van der Waals surface area contributed by atoms with E-state index < -0.39 is 11.2 Å². The van der Waals surface area contributed by atoms with Crippen LogP contribution in [0.1, 0.15) is 32.1 Å². The largest absolute Gasteiger partial charge is 0.496 e. The fraction of sp³-hybridized carbons (Fsp3) is 0.529. The van der Waals surface area contributed by atoms with Crippen LogP contribution in [0.15, 0.2) is 21.9 Å². The van der Waals surface area contributed by atoms with Crippen LogP contribution in [0.4, 0.5) is 0 Å². The molecule has 8 nitrogen and oxygen atoms in total. The van der Waals surface area contributed by atoms with Gasteiger partial charge in [-0.2, -0.15) is 0 Å². The average molecular weight is 346 g/mol. The summed E-state index contributed by atoms with van der Waals surface area (Å²) in [5.41, 5.74) is -0.905. The van der Waals surface area contributed by atoms with Crippen LogP contribution >= 0.6 is 0 Å². The number of aromatic nitrogens is 3. The number of carbonyl (C=O) groups excluding carboxylic acids is 1. The molecule has 0 saturated heterocycles. The quantitative estimate of drug-likeness (QED) is 0.872. The lowest BCUT2D eigenvalue weighted by molar-refractivity contribution is -0.122. The van der Waals surface area contributed by atoms with Crippen molar-refractivity contribution in [3.8, 4) is 5.75 Å². The second-order valence-electron chi connectivity index (χ2n) is 6.35. The lowest BCUT2D eigenvalue weighted by Crippen LogP contribution is -2.45. The minimum absolute atomic E-state index is 0.123. The highest BCUT2D eigenvalue weighted by atomic mass is 16.5. The fourth-order valence-electron chi connectivity index (χ4n) is 3.36. The van der Waals surface area contributed by atoms with Crippen LogP contribution in [0.3, 0.4) is 0 Å². The zero-order valence-electron chi connectivity index (χ0n) is 14.4. The minimum atomic E-state index is -0.572. The zero-order chi connectivity index (χ0) is 18.0. The Labute approximate surface area is 144 Å². The minimum Gasteiger partial charge on any atom is -0.496 e. The molecular formula is C17H22N4O4. The number of carbonyl (C=O) groups is 1. The summed E-state index contributed by atoms with van der Waals surface area (Å²) in [5, 5.41) is 3.12. The first-order valence-electron chi connectivity index (χ1n) is 8.45. The first kappa shape index (κ1) is 17.2. The van der Waals surface area contributed by atoms with Crippen LogP contribution in [0.25, 0.3) is 11.0 Å². The maximum Gasteiger partial charge on any atom is 0.332 e. The lowest BCUT2D eigenvalue weighted by atomic mass is 9.95. The van der Waals surface area contributed by atoms with Crippen LogP contribution < -0.4 is 21.3 Å². The van der Waals surface area contributed by atoms with E-state index in [4.69, 9.17) is 4.74 Å². The van der Waals surface area contributed by atoms with Crippen molar-refractivity contribution in [1.29, 1.82) is 0 Å². The first-order chi connectivity index (χ1) is 12.0. The third-order valence-corrected chi connectivity index (χ3v) is 4.68. The number of ether oxygens (including phenoxy) is 1. The number of hydrogen-bond acceptors (Lipinski definition) is 5. The van der Waals surface area contributed by atoms with E-state index in [-0.39, 0.29) is 29.5 Å². The molecule has 0 aliphatic heterocycles. The van der Waals surface area contributed by atoms with Crippen molar-refractivity contribution in [1.82, 2.24) is 19.4 Å². The molecule has 1 fully saturated rings. The van der Waals surface area contributed by atoms with Gasteiger partial charge in [-0.1, -0.05) is 19.3 Å². The molecule has 3 rings (SSSR count). The van der Waals surface area contributed by atoms with Gasteiger partial charge in [-0.05, 0) is 18.9 Å². The Hall–Kier alpha value is -2.64. The molecule has 2 aromatic rings. The van der Waals surface area contributed by atoms with Gasteiger partial charge in [0.2, 0.25) is 5.91 Å². The molecule has 1 N–H and O–H groups in total. The highest BCUT2D eigenvalue weighted by Crippen LogP contribution is 2.19. The van der Waals surface area contributed by atoms with Gasteiger partial charge in [-0.3, -0.25) is 14.2 Å². The van der Waals surface area contributed by atoms with E-state index in [0.29, 0.717) is 5.75 Å². The summed E-state index contributed by atoms with van der Waals surface area (Å²) in [6.07, 6.45) is 6.71. The molecule has 0 spiro atoms. The number of hydrogen-bond donors (Lipinski definition) is 1. The molecule has 1 amide bonds. The fourth-order valence-corrected chi connectivity index (χ4v) is 3.36. The Morgan fingerprint density at radius 2 is 2.04 bits per heavy atom. The van der Waals surface area contributed by atoms with Crippen molar-refractivity contribution < 1.29 is 9.53 Å². The normalized spacial score (nSPS) is 15.3. The van der Waals surface area contributed by atoms with Crippen LogP contribution in [0, 0.1) is 0 Å². The predicted molar refractivity (Wildman–Crippen MR) is 92.8 cm³/mol. The van der Waals surface area contributed by atoms with Crippen molar-refractivity contribution >= 4 is 16.9 Å². The van der Waals surface area contributed by atoms with Crippen molar-refractivity contribution in [2.75, 3.05) is 7.11 Å². The third-order valence-electron chi connectivity index (χ3n) is 4.68. The Morgan fingerprint density at radius 1 is 1.32 bits per heavy atom. The van der Waals surface area contributed by atoms with Gasteiger partial charge >= 0.3 is 5.69 Å². The zero-order valence-corrected chi connectivity index (χ0v) is 14.4. The van der Waals surface area contributed by atoms with E-state index >= 15 is 0 Å². The van der Waals surface area contributed by atoms with Crippen molar-refractivity contribution in [3.63, 3.8) is 0 Å². The van der Waals surface area contributed by atoms with E-state index in [1.165, 1.54) is 31.3 Å². The monoisotopic (exact) mass is 346 g/mol. The number of nitrogens with zero attached hydrogens (tertiary/aromatic N) is 3. The summed E-state index contributed by atoms with van der Waals surface area (Å²) in [4.78, 5) is 41.7. The smallest absolute Gasteiger partial charge is 0.332 e. The predicted octanol–water partition coefficient (Wildman–Crippen LogP) is 0.553. The summed E-state index contributed by atoms with van der Waals surface area (Å²) < 4.78 is 7.41. The van der Waals surface area contributed by atoms with E-state index in [9.17, 15) is 14.4 Å². The van der Waals surface area contributed by atoms with Crippen LogP contribution in [0.2, 0.25) is 0 Å². The number of methoxy groups -OCH3 is 1. The molecule has 2 heterocycles. The van der Waals surface area contributed by atoms with Gasteiger partial charge in [-0.15, -0.1) is 0 Å². The summed E-state index contributed by atoms with van der Waals surface area (Å²) >= 11 is 0. The first-order valence-corrected chi connectivity index (χ1v) is 8.45. The van der Waals surface area contributed by atoms with Crippen molar-refractivity contribution in [3.05, 3.63) is 33.1 Å². The molecule has 134 valence electrons. The molecule has 0 bridgehead atoms. The molecule has 0 aromatic carbocycles. The Balaban J connectivity index is 1.97. The number of fused-ring (bicyclic) bond motifs is 1. The number of rotatable bonds is 4. The van der Waals surface area contributed by atoms with Gasteiger partial charge in [0.25, 0.3) is 5.56 Å². The van der Waals surface area contributed by atoms with Gasteiger partial charge in [0, 0.05) is 19.3 Å². The van der Waals surface area contributed by atoms with Crippen LogP contribution in [-0.4, -0.2) is 33.2 Å². The molecule has 25 heavy (non-hydrogen) atoms. The SMILES string of the molecule is COc1ccnc2c1c(=O)n(CC(=O)NC1CCCCC1)c(=O)n2C. The standard InChI is InChI=1S/C17H22N4O4/c1-20-15-14(12(25-2)8-9-18-15)16(23)21(17(20)24)10-13(22)19-11-6-4-3-5-7-11/h8-9,11H,3-7,10H2,1-2H3,(H,19,22). The Kier molecular flexibility index (Phi) is 4.87. The number of nitrogens with one attached hydrogen (secondary N) is 1. The second-order valence-corrected chi connectivity index (χ2v) is 6.35. The summed E-state index contributed by atoms with van der Waals surface area (Å²) in [6, 6.07) is 1.68. The maximum absolute atomic E-state index is 12.8. The highest BCUT2D eigenvalue weighted by molar-refractivity contribution is 5.82. The third kappa shape index (κ3) is 3.29. The summed E-state index contributed by atoms with van der Waals surface area (Å²) in [5.74, 6) is 0.000320. The summed E-state index contributed by atoms with van der Waals surface area (Å²) in [6.45, 7) is -0.310. The van der Waals surface area contributed by atoms with Crippen LogP contribution in [0.5, 0.6) is 5.75 Å². The van der Waals surface area contributed by atoms with Gasteiger partial charge in [0.15, 0.2) is 5.65 Å². The van der Waals surface area contributed by atoms with Crippen molar-refractivity contribution in [2.24, 2.45) is 7.05 Å². The maximum atomic E-state index is 12.8. The Morgan fingerprint density at radius 3 is 2.72 bits per heavy atom. The number of amides is 1. The van der Waals surface area contributed by atoms with E-state index in [2.05, 4.69) is 10.3 Å². The van der Waals surface area contributed by atoms with E-state index in [1.807, 2.05) is 0 Å². The molecule has 1 saturated carbocycles. The van der Waals surface area contributed by atoms with Crippen LogP contribution in [-0.2, 0) is 18.4 Å². The number of aryl methyl sites for hydroxylation is 1. The molecule has 2 aromatic heterocycles. The topological polar surface area (TPSA) is 95.2 Å². The van der Waals surface area contributed by atoms with Crippen molar-refractivity contribution in [2.45, 2.75) is 44.7 Å². The van der Waals surface area contributed by atoms with Gasteiger partial charge in [0.1, 0.15) is 17.7 Å². The highest BCUT2D eigenvalue weighted by Gasteiger charge is 2.20. The lowest BCUT2D eigenvalue weighted by Gasteiger charge is -2.22. The van der Waals surface area contributed by atoms with Gasteiger partial charge in [0.05, 0.1) is 7.11 Å². The van der Waals surface area contributed by atoms with Gasteiger partial charge in [-0.25, -0.2) is 14.3 Å². The average Bonchev–Trinajstić information content (AvgIpc) is 2.63. The molecule has 1 aliphatic carbocycles. The number of pyridine rings is 1. The van der Waals surface area contributed by atoms with E-state index in [0.717, 1.165) is 30.3 Å². The summed E-state index contributed by atoms with van der Waals surface area (Å²) in [7, 11) is 2.96. The van der Waals surface area contributed by atoms with E-state index in [1.54, 1.807) is 6.07 Å². The molecular weight excluding hydrogens is 324 g/mol. The molecule has 1 aliphatic rings. The molecule has 0 unspecified atom stereocenters. The Bertz CT molecular complexity index is 909. The molecule has 8 heteroatoms.